The van der Waals surface area contributed by atoms with Gasteiger partial charge in [0.25, 0.3) is 0 Å². The predicted molar refractivity (Wildman–Crippen MR) is 113 cm³/mol. The van der Waals surface area contributed by atoms with Crippen molar-refractivity contribution >= 4 is 5.96 Å². The smallest absolute Gasteiger partial charge is 0.191 e. The molecule has 1 aromatic carbocycles. The zero-order chi connectivity index (χ0) is 19.7. The molecule has 0 amide bonds. The second-order valence-corrected chi connectivity index (χ2v) is 9.25. The van der Waals surface area contributed by atoms with Crippen molar-refractivity contribution in [1.82, 2.24) is 10.6 Å². The number of fused-ring (bicyclic) bond motifs is 1. The number of guanidine groups is 1. The average Bonchev–Trinajstić information content (AvgIpc) is 3.38. The Morgan fingerprint density at radius 1 is 1.29 bits per heavy atom. The zero-order valence-corrected chi connectivity index (χ0v) is 17.8. The Bertz CT molecular complexity index is 727. The van der Waals surface area contributed by atoms with Crippen molar-refractivity contribution in [2.75, 3.05) is 19.8 Å². The molecule has 2 saturated carbocycles. The summed E-state index contributed by atoms with van der Waals surface area (Å²) in [6.07, 6.45) is 4.13. The minimum atomic E-state index is 0.139. The minimum Gasteiger partial charge on any atom is -0.493 e. The summed E-state index contributed by atoms with van der Waals surface area (Å²) in [4.78, 5) is 4.89. The molecule has 4 rings (SSSR count). The van der Waals surface area contributed by atoms with Crippen LogP contribution in [0.2, 0.25) is 0 Å². The monoisotopic (exact) mass is 385 g/mol. The number of ether oxygens (including phenoxy) is 2. The van der Waals surface area contributed by atoms with Crippen LogP contribution in [-0.4, -0.2) is 37.9 Å². The first-order valence-corrected chi connectivity index (χ1v) is 10.9. The van der Waals surface area contributed by atoms with Gasteiger partial charge in [0.2, 0.25) is 0 Å². The van der Waals surface area contributed by atoms with Crippen LogP contribution in [0, 0.1) is 24.2 Å². The molecule has 3 fully saturated rings. The maximum Gasteiger partial charge on any atom is 0.191 e. The Balaban J connectivity index is 1.45. The lowest BCUT2D eigenvalue weighted by atomic mass is 9.57. The molecule has 0 bridgehead atoms. The summed E-state index contributed by atoms with van der Waals surface area (Å²) in [5.74, 6) is 3.22. The van der Waals surface area contributed by atoms with Crippen LogP contribution >= 0.6 is 0 Å². The summed E-state index contributed by atoms with van der Waals surface area (Å²) < 4.78 is 12.0. The van der Waals surface area contributed by atoms with E-state index in [-0.39, 0.29) is 5.41 Å². The number of aliphatic imine (C=N–C) groups is 1. The Morgan fingerprint density at radius 3 is 2.86 bits per heavy atom. The quantitative estimate of drug-likeness (QED) is 0.556. The molecule has 2 aliphatic carbocycles. The molecule has 3 unspecified atom stereocenters. The maximum absolute atomic E-state index is 6.11. The van der Waals surface area contributed by atoms with E-state index < -0.39 is 0 Å². The molecule has 28 heavy (non-hydrogen) atoms. The number of nitrogens with zero attached hydrogens (tertiary/aromatic N) is 1. The Morgan fingerprint density at radius 2 is 2.11 bits per heavy atom. The van der Waals surface area contributed by atoms with Gasteiger partial charge in [-0.25, -0.2) is 4.99 Å². The maximum atomic E-state index is 6.11. The van der Waals surface area contributed by atoms with Crippen LogP contribution in [0.1, 0.15) is 51.2 Å². The molecular formula is C23H35N3O2. The van der Waals surface area contributed by atoms with E-state index in [0.29, 0.717) is 24.6 Å². The third kappa shape index (κ3) is 4.00. The van der Waals surface area contributed by atoms with Crippen molar-refractivity contribution in [3.8, 4) is 5.75 Å². The molecule has 5 heteroatoms. The normalized spacial score (nSPS) is 28.4. The van der Waals surface area contributed by atoms with E-state index in [1.54, 1.807) is 0 Å². The van der Waals surface area contributed by atoms with Gasteiger partial charge in [0.05, 0.1) is 19.3 Å². The first kappa shape index (κ1) is 19.6. The molecule has 1 saturated heterocycles. The van der Waals surface area contributed by atoms with Crippen LogP contribution < -0.4 is 15.4 Å². The number of aryl methyl sites for hydroxylation is 1. The van der Waals surface area contributed by atoms with Crippen LogP contribution in [-0.2, 0) is 11.3 Å². The average molecular weight is 386 g/mol. The van der Waals surface area contributed by atoms with Gasteiger partial charge >= 0.3 is 0 Å². The zero-order valence-electron chi connectivity index (χ0n) is 17.8. The van der Waals surface area contributed by atoms with Crippen molar-refractivity contribution < 1.29 is 9.47 Å². The molecule has 0 aromatic heterocycles. The number of rotatable bonds is 7. The summed E-state index contributed by atoms with van der Waals surface area (Å²) in [5.41, 5.74) is 2.52. The van der Waals surface area contributed by atoms with Gasteiger partial charge in [0.15, 0.2) is 5.96 Å². The highest BCUT2D eigenvalue weighted by Gasteiger charge is 2.59. The second kappa shape index (κ2) is 7.94. The van der Waals surface area contributed by atoms with E-state index >= 15 is 0 Å². The van der Waals surface area contributed by atoms with Crippen LogP contribution in [0.4, 0.5) is 0 Å². The van der Waals surface area contributed by atoms with Crippen molar-refractivity contribution in [2.24, 2.45) is 22.2 Å². The Hall–Kier alpha value is -1.75. The van der Waals surface area contributed by atoms with Gasteiger partial charge in [0, 0.05) is 36.1 Å². The number of hydrogen-bond acceptors (Lipinski definition) is 3. The lowest BCUT2D eigenvalue weighted by Gasteiger charge is -2.54. The van der Waals surface area contributed by atoms with E-state index in [1.165, 1.54) is 18.4 Å². The highest BCUT2D eigenvalue weighted by Crippen LogP contribution is 2.52. The number of benzene rings is 1. The Labute approximate surface area is 169 Å². The van der Waals surface area contributed by atoms with E-state index in [0.717, 1.165) is 49.4 Å². The van der Waals surface area contributed by atoms with Gasteiger partial charge in [-0.2, -0.15) is 0 Å². The van der Waals surface area contributed by atoms with Crippen molar-refractivity contribution in [3.63, 3.8) is 0 Å². The summed E-state index contributed by atoms with van der Waals surface area (Å²) in [5, 5.41) is 7.11. The fourth-order valence-corrected chi connectivity index (χ4v) is 4.67. The van der Waals surface area contributed by atoms with Gasteiger partial charge in [0.1, 0.15) is 5.75 Å². The molecular weight excluding hydrogens is 350 g/mol. The highest BCUT2D eigenvalue weighted by atomic mass is 16.5. The van der Waals surface area contributed by atoms with Gasteiger partial charge < -0.3 is 20.1 Å². The van der Waals surface area contributed by atoms with Crippen LogP contribution in [0.25, 0.3) is 0 Å². The van der Waals surface area contributed by atoms with Gasteiger partial charge in [-0.15, -0.1) is 0 Å². The standard InChI is InChI=1S/C23H35N3O2/c1-5-24-22(26-20-18-10-11-27-21(18)23(20,3)4)25-13-17-9-6-15(2)12-19(17)28-14-16-7-8-16/h6,9,12,16,18,20-21H,5,7-8,10-11,13-14H2,1-4H3,(H2,24,25,26). The predicted octanol–water partition coefficient (Wildman–Crippen LogP) is 3.65. The van der Waals surface area contributed by atoms with Gasteiger partial charge in [-0.1, -0.05) is 26.0 Å². The highest BCUT2D eigenvalue weighted by molar-refractivity contribution is 5.80. The number of hydrogen-bond donors (Lipinski definition) is 2. The lowest BCUT2D eigenvalue weighted by Crippen LogP contribution is -2.67. The summed E-state index contributed by atoms with van der Waals surface area (Å²) in [6.45, 7) is 12.0. The first-order chi connectivity index (χ1) is 13.5. The third-order valence-corrected chi connectivity index (χ3v) is 6.54. The summed E-state index contributed by atoms with van der Waals surface area (Å²) >= 11 is 0. The van der Waals surface area contributed by atoms with Gasteiger partial charge in [-0.3, -0.25) is 0 Å². The molecule has 3 atom stereocenters. The summed E-state index contributed by atoms with van der Waals surface area (Å²) in [7, 11) is 0. The van der Waals surface area contributed by atoms with Crippen molar-refractivity contribution in [1.29, 1.82) is 0 Å². The second-order valence-electron chi connectivity index (χ2n) is 9.25. The van der Waals surface area contributed by atoms with E-state index in [9.17, 15) is 0 Å². The van der Waals surface area contributed by atoms with Crippen molar-refractivity contribution in [2.45, 2.75) is 65.6 Å². The molecule has 3 aliphatic rings. The third-order valence-electron chi connectivity index (χ3n) is 6.54. The van der Waals surface area contributed by atoms with E-state index in [4.69, 9.17) is 14.5 Å². The molecule has 0 radical (unpaired) electrons. The molecule has 1 aliphatic heterocycles. The molecule has 5 nitrogen and oxygen atoms in total. The van der Waals surface area contributed by atoms with Gasteiger partial charge in [-0.05, 0) is 50.7 Å². The topological polar surface area (TPSA) is 54.9 Å². The van der Waals surface area contributed by atoms with Crippen LogP contribution in [0.15, 0.2) is 23.2 Å². The van der Waals surface area contributed by atoms with Crippen LogP contribution in [0.5, 0.6) is 5.75 Å². The minimum absolute atomic E-state index is 0.139. The fourth-order valence-electron chi connectivity index (χ4n) is 4.67. The Kier molecular flexibility index (Phi) is 5.55. The summed E-state index contributed by atoms with van der Waals surface area (Å²) in [6, 6.07) is 6.84. The molecule has 1 aromatic rings. The largest absolute Gasteiger partial charge is 0.493 e. The fraction of sp³-hybridized carbons (Fsp3) is 0.696. The van der Waals surface area contributed by atoms with Crippen LogP contribution in [0.3, 0.4) is 0 Å². The van der Waals surface area contributed by atoms with E-state index in [2.05, 4.69) is 56.5 Å². The molecule has 0 spiro atoms. The molecule has 1 heterocycles. The van der Waals surface area contributed by atoms with Crippen molar-refractivity contribution in [3.05, 3.63) is 29.3 Å². The number of nitrogens with one attached hydrogen (secondary N) is 2. The van der Waals surface area contributed by atoms with E-state index in [1.807, 2.05) is 0 Å². The SMILES string of the molecule is CCNC(=NCc1ccc(C)cc1OCC1CC1)NC1C2CCOC2C1(C)C. The lowest BCUT2D eigenvalue weighted by molar-refractivity contribution is -0.106. The first-order valence-electron chi connectivity index (χ1n) is 10.9. The molecule has 154 valence electrons. The molecule has 2 N–H and O–H groups in total.